The van der Waals surface area contributed by atoms with Crippen LogP contribution in [0.3, 0.4) is 0 Å². The number of benzene rings is 2. The Bertz CT molecular complexity index is 1020. The zero-order valence-electron chi connectivity index (χ0n) is 14.7. The Morgan fingerprint density at radius 3 is 2.56 bits per heavy atom. The lowest BCUT2D eigenvalue weighted by Gasteiger charge is -2.08. The maximum Gasteiger partial charge on any atom is 0.339 e. The van der Waals surface area contributed by atoms with Crippen LogP contribution in [-0.4, -0.2) is 30.6 Å². The molecule has 0 saturated heterocycles. The number of para-hydroxylation sites is 1. The summed E-state index contributed by atoms with van der Waals surface area (Å²) in [5.74, 6) is -0.436. The van der Waals surface area contributed by atoms with Gasteiger partial charge in [0, 0.05) is 23.5 Å². The van der Waals surface area contributed by atoms with E-state index in [0.29, 0.717) is 17.4 Å². The van der Waals surface area contributed by atoms with Gasteiger partial charge in [-0.15, -0.1) is 0 Å². The Balaban J connectivity index is 1.59. The average Bonchev–Trinajstić information content (AvgIpc) is 2.70. The summed E-state index contributed by atoms with van der Waals surface area (Å²) in [6.07, 6.45) is 0. The van der Waals surface area contributed by atoms with Crippen molar-refractivity contribution in [2.75, 3.05) is 13.7 Å². The molecule has 2 aromatic carbocycles. The first kappa shape index (κ1) is 18.2. The van der Waals surface area contributed by atoms with Crippen molar-refractivity contribution in [1.82, 2.24) is 10.3 Å². The number of pyridine rings is 1. The number of H-pyrrole nitrogens is 1. The van der Waals surface area contributed by atoms with Gasteiger partial charge in [-0.2, -0.15) is 0 Å². The second-order valence-corrected chi connectivity index (χ2v) is 5.79. The molecule has 0 bridgehead atoms. The summed E-state index contributed by atoms with van der Waals surface area (Å²) >= 11 is 0. The Morgan fingerprint density at radius 1 is 1.07 bits per heavy atom. The van der Waals surface area contributed by atoms with Gasteiger partial charge in [0.25, 0.3) is 5.91 Å². The summed E-state index contributed by atoms with van der Waals surface area (Å²) in [6.45, 7) is -0.134. The Morgan fingerprint density at radius 2 is 1.81 bits per heavy atom. The molecule has 2 N–H and O–H groups in total. The molecule has 0 radical (unpaired) electrons. The van der Waals surface area contributed by atoms with Crippen LogP contribution in [0.4, 0.5) is 0 Å². The molecule has 138 valence electrons. The van der Waals surface area contributed by atoms with E-state index in [1.807, 2.05) is 12.1 Å². The van der Waals surface area contributed by atoms with Gasteiger partial charge in [0.05, 0.1) is 12.7 Å². The minimum absolute atomic E-state index is 0.123. The van der Waals surface area contributed by atoms with Crippen molar-refractivity contribution in [3.05, 3.63) is 76.1 Å². The smallest absolute Gasteiger partial charge is 0.339 e. The lowest BCUT2D eigenvalue weighted by atomic mass is 10.1. The molecule has 0 saturated carbocycles. The highest BCUT2D eigenvalue weighted by molar-refractivity contribution is 6.03. The quantitative estimate of drug-likeness (QED) is 0.651. The summed E-state index contributed by atoms with van der Waals surface area (Å²) in [5, 5.41) is 3.22. The number of fused-ring (bicyclic) bond motifs is 1. The van der Waals surface area contributed by atoms with Gasteiger partial charge in [-0.05, 0) is 23.8 Å². The van der Waals surface area contributed by atoms with Crippen LogP contribution in [0.15, 0.2) is 59.4 Å². The summed E-state index contributed by atoms with van der Waals surface area (Å²) in [6, 6.07) is 15.3. The standard InChI is InChI=1S/C20H18N2O5/c1-26-14-8-6-13(7-9-14)11-21-19(24)12-27-20(25)16-10-18(23)22-17-5-3-2-4-15(16)17/h2-10H,11-12H2,1H3,(H,21,24)(H,22,23). The van der Waals surface area contributed by atoms with Gasteiger partial charge in [0.1, 0.15) is 5.75 Å². The number of rotatable bonds is 6. The van der Waals surface area contributed by atoms with Crippen molar-refractivity contribution in [3.8, 4) is 5.75 Å². The number of carbonyl (C=O) groups excluding carboxylic acids is 2. The monoisotopic (exact) mass is 366 g/mol. The summed E-state index contributed by atoms with van der Waals surface area (Å²) in [5.41, 5.74) is 1.12. The normalized spacial score (nSPS) is 10.4. The third-order valence-corrected chi connectivity index (χ3v) is 3.95. The molecular formula is C20H18N2O5. The maximum absolute atomic E-state index is 12.3. The van der Waals surface area contributed by atoms with Gasteiger partial charge in [0.15, 0.2) is 6.61 Å². The molecule has 7 nitrogen and oxygen atoms in total. The number of amides is 1. The number of hydrogen-bond donors (Lipinski definition) is 2. The molecule has 1 amide bonds. The van der Waals surface area contributed by atoms with Gasteiger partial charge in [0.2, 0.25) is 5.56 Å². The van der Waals surface area contributed by atoms with Crippen LogP contribution in [0.5, 0.6) is 5.75 Å². The average molecular weight is 366 g/mol. The molecule has 0 fully saturated rings. The fourth-order valence-electron chi connectivity index (χ4n) is 2.58. The Kier molecular flexibility index (Phi) is 5.51. The minimum Gasteiger partial charge on any atom is -0.497 e. The molecule has 1 aromatic heterocycles. The van der Waals surface area contributed by atoms with E-state index in [1.54, 1.807) is 43.5 Å². The van der Waals surface area contributed by atoms with Gasteiger partial charge in [-0.1, -0.05) is 30.3 Å². The lowest BCUT2D eigenvalue weighted by molar-refractivity contribution is -0.124. The number of ether oxygens (including phenoxy) is 2. The number of aromatic amines is 1. The van der Waals surface area contributed by atoms with E-state index >= 15 is 0 Å². The van der Waals surface area contributed by atoms with E-state index in [9.17, 15) is 14.4 Å². The highest BCUT2D eigenvalue weighted by Crippen LogP contribution is 2.15. The second kappa shape index (κ2) is 8.18. The fraction of sp³-hybridized carbons (Fsp3) is 0.150. The first-order valence-corrected chi connectivity index (χ1v) is 8.25. The molecule has 0 aliphatic rings. The number of hydrogen-bond acceptors (Lipinski definition) is 5. The van der Waals surface area contributed by atoms with Crippen molar-refractivity contribution in [2.24, 2.45) is 0 Å². The van der Waals surface area contributed by atoms with Gasteiger partial charge >= 0.3 is 5.97 Å². The van der Waals surface area contributed by atoms with E-state index in [0.717, 1.165) is 11.3 Å². The summed E-state index contributed by atoms with van der Waals surface area (Å²) < 4.78 is 10.1. The molecule has 0 atom stereocenters. The van der Waals surface area contributed by atoms with Crippen LogP contribution in [0, 0.1) is 0 Å². The third kappa shape index (κ3) is 4.52. The molecule has 3 rings (SSSR count). The zero-order valence-corrected chi connectivity index (χ0v) is 14.7. The number of nitrogens with one attached hydrogen (secondary N) is 2. The highest BCUT2D eigenvalue weighted by Gasteiger charge is 2.14. The number of carbonyl (C=O) groups is 2. The number of methoxy groups -OCH3 is 1. The number of esters is 1. The molecule has 7 heteroatoms. The van der Waals surface area contributed by atoms with Gasteiger partial charge in [-0.25, -0.2) is 4.79 Å². The molecule has 0 aliphatic heterocycles. The maximum atomic E-state index is 12.3. The van der Waals surface area contributed by atoms with Crippen molar-refractivity contribution in [3.63, 3.8) is 0 Å². The molecule has 3 aromatic rings. The predicted molar refractivity (Wildman–Crippen MR) is 99.7 cm³/mol. The lowest BCUT2D eigenvalue weighted by Crippen LogP contribution is -2.28. The van der Waals surface area contributed by atoms with E-state index in [-0.39, 0.29) is 5.56 Å². The first-order chi connectivity index (χ1) is 13.1. The largest absolute Gasteiger partial charge is 0.497 e. The Hall–Kier alpha value is -3.61. The van der Waals surface area contributed by atoms with Crippen LogP contribution in [0.2, 0.25) is 0 Å². The molecule has 0 unspecified atom stereocenters. The van der Waals surface area contributed by atoms with Crippen LogP contribution >= 0.6 is 0 Å². The fourth-order valence-corrected chi connectivity index (χ4v) is 2.58. The van der Waals surface area contributed by atoms with Crippen molar-refractivity contribution in [2.45, 2.75) is 6.54 Å². The van der Waals surface area contributed by atoms with Crippen molar-refractivity contribution < 1.29 is 19.1 Å². The third-order valence-electron chi connectivity index (χ3n) is 3.95. The topological polar surface area (TPSA) is 97.5 Å². The number of aromatic nitrogens is 1. The van der Waals surface area contributed by atoms with Crippen LogP contribution in [0.25, 0.3) is 10.9 Å². The van der Waals surface area contributed by atoms with Crippen LogP contribution in [0.1, 0.15) is 15.9 Å². The molecule has 0 aliphatic carbocycles. The predicted octanol–water partition coefficient (Wildman–Crippen LogP) is 2.01. The van der Waals surface area contributed by atoms with E-state index in [4.69, 9.17) is 9.47 Å². The molecule has 1 heterocycles. The Labute approximate surface area is 154 Å². The zero-order chi connectivity index (χ0) is 19.2. The summed E-state index contributed by atoms with van der Waals surface area (Å²) in [7, 11) is 1.58. The van der Waals surface area contributed by atoms with Crippen molar-refractivity contribution in [1.29, 1.82) is 0 Å². The molecule has 27 heavy (non-hydrogen) atoms. The van der Waals surface area contributed by atoms with Crippen LogP contribution < -0.4 is 15.6 Å². The van der Waals surface area contributed by atoms with Crippen molar-refractivity contribution >= 4 is 22.8 Å². The van der Waals surface area contributed by atoms with E-state index < -0.39 is 24.0 Å². The van der Waals surface area contributed by atoms with Gasteiger partial charge in [-0.3, -0.25) is 9.59 Å². The highest BCUT2D eigenvalue weighted by atomic mass is 16.5. The molecule has 0 spiro atoms. The van der Waals surface area contributed by atoms with E-state index in [2.05, 4.69) is 10.3 Å². The van der Waals surface area contributed by atoms with E-state index in [1.165, 1.54) is 6.07 Å². The first-order valence-electron chi connectivity index (χ1n) is 8.25. The second-order valence-electron chi connectivity index (χ2n) is 5.79. The minimum atomic E-state index is -0.725. The van der Waals surface area contributed by atoms with Crippen LogP contribution in [-0.2, 0) is 16.1 Å². The SMILES string of the molecule is COc1ccc(CNC(=O)COC(=O)c2cc(=O)[nH]c3ccccc23)cc1. The summed E-state index contributed by atoms with van der Waals surface area (Å²) in [4.78, 5) is 38.6. The molecular weight excluding hydrogens is 348 g/mol. The van der Waals surface area contributed by atoms with Gasteiger partial charge < -0.3 is 19.8 Å².